The molecule has 0 saturated carbocycles. The molecule has 0 radical (unpaired) electrons. The number of hydrogen-bond donors (Lipinski definition) is 1. The van der Waals surface area contributed by atoms with E-state index in [1.165, 1.54) is 4.90 Å². The highest BCUT2D eigenvalue weighted by molar-refractivity contribution is 6.32. The van der Waals surface area contributed by atoms with Gasteiger partial charge in [-0.05, 0) is 49.6 Å². The molecule has 1 fully saturated rings. The van der Waals surface area contributed by atoms with Crippen molar-refractivity contribution < 1.29 is 19.1 Å². The zero-order valence-corrected chi connectivity index (χ0v) is 18.0. The van der Waals surface area contributed by atoms with E-state index < -0.39 is 11.9 Å². The van der Waals surface area contributed by atoms with Crippen molar-refractivity contribution in [2.75, 3.05) is 6.61 Å². The largest absolute Gasteiger partial charge is 0.490 e. The Balaban J connectivity index is 1.87. The smallest absolute Gasteiger partial charge is 0.329 e. The second kappa shape index (κ2) is 9.67. The van der Waals surface area contributed by atoms with Gasteiger partial charge in [-0.25, -0.2) is 4.79 Å². The van der Waals surface area contributed by atoms with E-state index in [1.807, 2.05) is 51.1 Å². The third kappa shape index (κ3) is 4.94. The number of carbonyl (C=O) groups is 2. The number of amides is 3. The molecule has 7 heteroatoms. The van der Waals surface area contributed by atoms with E-state index in [-0.39, 0.29) is 18.3 Å². The molecule has 158 valence electrons. The van der Waals surface area contributed by atoms with Gasteiger partial charge >= 0.3 is 6.03 Å². The Morgan fingerprint density at radius 3 is 2.57 bits per heavy atom. The molecule has 1 saturated heterocycles. The standard InChI is InChI=1S/C23H25ClN2O4/c1-4-15(3)30-21-18(24)11-17(13-20(21)29-5-2)12-19-22(27)26(23(28)25-19)14-16-9-7-6-8-10-16/h6-13,15H,4-5,14H2,1-3H3,(H,25,28)/b19-12+/t15-/m1/s1. The zero-order valence-electron chi connectivity index (χ0n) is 17.3. The van der Waals surface area contributed by atoms with Crippen LogP contribution in [0, 0.1) is 0 Å². The fourth-order valence-electron chi connectivity index (χ4n) is 2.98. The van der Waals surface area contributed by atoms with Gasteiger partial charge in [-0.15, -0.1) is 0 Å². The minimum absolute atomic E-state index is 0.0202. The monoisotopic (exact) mass is 428 g/mol. The van der Waals surface area contributed by atoms with Crippen LogP contribution in [-0.2, 0) is 11.3 Å². The van der Waals surface area contributed by atoms with Crippen LogP contribution in [0.4, 0.5) is 4.79 Å². The molecular weight excluding hydrogens is 404 g/mol. The van der Waals surface area contributed by atoms with Crippen LogP contribution in [0.2, 0.25) is 5.02 Å². The molecular formula is C23H25ClN2O4. The summed E-state index contributed by atoms with van der Waals surface area (Å²) in [6.07, 6.45) is 2.39. The fourth-order valence-corrected chi connectivity index (χ4v) is 3.24. The molecule has 1 aliphatic heterocycles. The highest BCUT2D eigenvalue weighted by Crippen LogP contribution is 2.38. The summed E-state index contributed by atoms with van der Waals surface area (Å²) in [6, 6.07) is 12.3. The molecule has 6 nitrogen and oxygen atoms in total. The Morgan fingerprint density at radius 2 is 1.90 bits per heavy atom. The number of urea groups is 1. The summed E-state index contributed by atoms with van der Waals surface area (Å²) in [4.78, 5) is 26.2. The van der Waals surface area contributed by atoms with Crippen LogP contribution in [-0.4, -0.2) is 29.5 Å². The molecule has 1 N–H and O–H groups in total. The lowest BCUT2D eigenvalue weighted by Crippen LogP contribution is -2.30. The lowest BCUT2D eigenvalue weighted by Gasteiger charge is -2.18. The average Bonchev–Trinajstić information content (AvgIpc) is 2.98. The van der Waals surface area contributed by atoms with E-state index in [0.717, 1.165) is 12.0 Å². The maximum absolute atomic E-state index is 12.8. The first-order chi connectivity index (χ1) is 14.4. The minimum Gasteiger partial charge on any atom is -0.490 e. The highest BCUT2D eigenvalue weighted by Gasteiger charge is 2.33. The Hall–Kier alpha value is -2.99. The maximum atomic E-state index is 12.8. The molecule has 2 aromatic rings. The SMILES string of the molecule is CCOc1cc(/C=C2/NC(=O)N(Cc3ccccc3)C2=O)cc(Cl)c1O[C@H](C)CC. The predicted octanol–water partition coefficient (Wildman–Crippen LogP) is 5.01. The number of rotatable bonds is 8. The summed E-state index contributed by atoms with van der Waals surface area (Å²) in [5.74, 6) is 0.579. The molecule has 30 heavy (non-hydrogen) atoms. The maximum Gasteiger partial charge on any atom is 0.329 e. The van der Waals surface area contributed by atoms with Crippen molar-refractivity contribution in [2.45, 2.75) is 39.8 Å². The quantitative estimate of drug-likeness (QED) is 0.474. The summed E-state index contributed by atoms with van der Waals surface area (Å²) < 4.78 is 11.6. The lowest BCUT2D eigenvalue weighted by atomic mass is 10.1. The van der Waals surface area contributed by atoms with Crippen LogP contribution in [0.15, 0.2) is 48.2 Å². The first-order valence-corrected chi connectivity index (χ1v) is 10.3. The summed E-state index contributed by atoms with van der Waals surface area (Å²) in [5, 5.41) is 3.01. The second-order valence-electron chi connectivity index (χ2n) is 6.96. The van der Waals surface area contributed by atoms with E-state index >= 15 is 0 Å². The van der Waals surface area contributed by atoms with E-state index in [2.05, 4.69) is 5.32 Å². The fraction of sp³-hybridized carbons (Fsp3) is 0.304. The Kier molecular flexibility index (Phi) is 7.00. The Labute approximate surface area is 181 Å². The van der Waals surface area contributed by atoms with Crippen LogP contribution >= 0.6 is 11.6 Å². The normalized spacial score (nSPS) is 16.0. The van der Waals surface area contributed by atoms with Gasteiger partial charge in [0.1, 0.15) is 5.70 Å². The number of imide groups is 1. The molecule has 3 amide bonds. The van der Waals surface area contributed by atoms with E-state index in [0.29, 0.717) is 28.7 Å². The van der Waals surface area contributed by atoms with Gasteiger partial charge in [0.05, 0.1) is 24.3 Å². The third-order valence-electron chi connectivity index (χ3n) is 4.68. The average molecular weight is 429 g/mol. The molecule has 0 bridgehead atoms. The molecule has 2 aromatic carbocycles. The summed E-state index contributed by atoms with van der Waals surface area (Å²) in [7, 11) is 0. The van der Waals surface area contributed by atoms with Gasteiger partial charge in [-0.3, -0.25) is 9.69 Å². The number of benzene rings is 2. The van der Waals surface area contributed by atoms with E-state index in [9.17, 15) is 9.59 Å². The molecule has 0 spiro atoms. The van der Waals surface area contributed by atoms with Crippen molar-refractivity contribution in [3.05, 3.63) is 64.3 Å². The van der Waals surface area contributed by atoms with E-state index in [4.69, 9.17) is 21.1 Å². The van der Waals surface area contributed by atoms with Gasteiger partial charge in [0.25, 0.3) is 5.91 Å². The topological polar surface area (TPSA) is 67.9 Å². The molecule has 1 aliphatic rings. The molecule has 3 rings (SSSR count). The summed E-state index contributed by atoms with van der Waals surface area (Å²) in [5.41, 5.74) is 1.69. The van der Waals surface area contributed by atoms with Crippen molar-refractivity contribution >= 4 is 29.6 Å². The first kappa shape index (κ1) is 21.7. The van der Waals surface area contributed by atoms with Crippen LogP contribution in [0.25, 0.3) is 6.08 Å². The minimum atomic E-state index is -0.456. The van der Waals surface area contributed by atoms with Crippen molar-refractivity contribution in [3.8, 4) is 11.5 Å². The number of nitrogens with one attached hydrogen (secondary N) is 1. The van der Waals surface area contributed by atoms with Crippen molar-refractivity contribution in [3.63, 3.8) is 0 Å². The third-order valence-corrected chi connectivity index (χ3v) is 4.96. The van der Waals surface area contributed by atoms with Gasteiger partial charge in [0.15, 0.2) is 11.5 Å². The predicted molar refractivity (Wildman–Crippen MR) is 117 cm³/mol. The summed E-state index contributed by atoms with van der Waals surface area (Å²) >= 11 is 6.44. The molecule has 1 heterocycles. The van der Waals surface area contributed by atoms with Gasteiger partial charge in [0.2, 0.25) is 0 Å². The Bertz CT molecular complexity index is 959. The molecule has 1 atom stereocenters. The number of nitrogens with zero attached hydrogens (tertiary/aromatic N) is 1. The number of carbonyl (C=O) groups excluding carboxylic acids is 2. The highest BCUT2D eigenvalue weighted by atomic mass is 35.5. The van der Waals surface area contributed by atoms with Crippen molar-refractivity contribution in [1.82, 2.24) is 10.2 Å². The van der Waals surface area contributed by atoms with Gasteiger partial charge in [-0.1, -0.05) is 48.9 Å². The molecule has 0 unspecified atom stereocenters. The lowest BCUT2D eigenvalue weighted by molar-refractivity contribution is -0.123. The number of hydrogen-bond acceptors (Lipinski definition) is 4. The first-order valence-electron chi connectivity index (χ1n) is 9.94. The number of ether oxygens (including phenoxy) is 2. The van der Waals surface area contributed by atoms with Gasteiger partial charge in [-0.2, -0.15) is 0 Å². The number of halogens is 1. The van der Waals surface area contributed by atoms with Crippen molar-refractivity contribution in [1.29, 1.82) is 0 Å². The van der Waals surface area contributed by atoms with Crippen LogP contribution < -0.4 is 14.8 Å². The van der Waals surface area contributed by atoms with Crippen LogP contribution in [0.1, 0.15) is 38.3 Å². The van der Waals surface area contributed by atoms with Crippen LogP contribution in [0.5, 0.6) is 11.5 Å². The second-order valence-corrected chi connectivity index (χ2v) is 7.37. The van der Waals surface area contributed by atoms with Crippen molar-refractivity contribution in [2.24, 2.45) is 0 Å². The van der Waals surface area contributed by atoms with Crippen LogP contribution in [0.3, 0.4) is 0 Å². The van der Waals surface area contributed by atoms with Gasteiger partial charge in [0, 0.05) is 0 Å². The zero-order chi connectivity index (χ0) is 21.7. The van der Waals surface area contributed by atoms with Gasteiger partial charge < -0.3 is 14.8 Å². The molecule has 0 aliphatic carbocycles. The Morgan fingerprint density at radius 1 is 1.17 bits per heavy atom. The summed E-state index contributed by atoms with van der Waals surface area (Å²) in [6.45, 7) is 6.49. The molecule has 0 aromatic heterocycles. The van der Waals surface area contributed by atoms with E-state index in [1.54, 1.807) is 18.2 Å².